The van der Waals surface area contributed by atoms with E-state index in [-0.39, 0.29) is 0 Å². The lowest BCUT2D eigenvalue weighted by Crippen LogP contribution is -2.32. The second-order valence-electron chi connectivity index (χ2n) is 5.17. The van der Waals surface area contributed by atoms with E-state index in [4.69, 9.17) is 23.2 Å². The van der Waals surface area contributed by atoms with Crippen LogP contribution in [-0.2, 0) is 6.54 Å². The van der Waals surface area contributed by atoms with E-state index in [9.17, 15) is 0 Å². The molecule has 1 N–H and O–H groups in total. The molecule has 4 heteroatoms. The highest BCUT2D eigenvalue weighted by Crippen LogP contribution is 2.20. The van der Waals surface area contributed by atoms with Crippen molar-refractivity contribution >= 4 is 23.2 Å². The maximum atomic E-state index is 6.14. The fourth-order valence-electron chi connectivity index (χ4n) is 2.50. The van der Waals surface area contributed by atoms with Crippen LogP contribution in [0.15, 0.2) is 18.2 Å². The molecular formula is C15H22Cl2N2. The van der Waals surface area contributed by atoms with Gasteiger partial charge in [0.25, 0.3) is 0 Å². The van der Waals surface area contributed by atoms with Crippen molar-refractivity contribution in [3.63, 3.8) is 0 Å². The zero-order valence-electron chi connectivity index (χ0n) is 11.3. The van der Waals surface area contributed by atoms with E-state index in [1.165, 1.54) is 38.8 Å². The minimum atomic E-state index is 0.744. The number of nitrogens with zero attached hydrogens (tertiary/aromatic N) is 1. The smallest absolute Gasteiger partial charge is 0.0451 e. The lowest BCUT2D eigenvalue weighted by molar-refractivity contribution is 0.284. The molecule has 2 nitrogen and oxygen atoms in total. The fourth-order valence-corrected chi connectivity index (χ4v) is 2.88. The van der Waals surface area contributed by atoms with Gasteiger partial charge in [0.15, 0.2) is 0 Å². The number of halogens is 2. The predicted molar refractivity (Wildman–Crippen MR) is 83.1 cm³/mol. The molecule has 0 amide bonds. The lowest BCUT2D eigenvalue weighted by atomic mass is 10.2. The third-order valence-electron chi connectivity index (χ3n) is 3.63. The van der Waals surface area contributed by atoms with Gasteiger partial charge in [-0.05, 0) is 49.7 Å². The van der Waals surface area contributed by atoms with Crippen LogP contribution in [0, 0.1) is 0 Å². The Kier molecular flexibility index (Phi) is 6.45. The Balaban J connectivity index is 1.69. The van der Waals surface area contributed by atoms with Gasteiger partial charge >= 0.3 is 0 Å². The van der Waals surface area contributed by atoms with Gasteiger partial charge in [-0.15, -0.1) is 0 Å². The molecule has 1 aliphatic heterocycles. The summed E-state index contributed by atoms with van der Waals surface area (Å²) in [6.45, 7) is 5.41. The van der Waals surface area contributed by atoms with Crippen molar-refractivity contribution in [1.29, 1.82) is 0 Å². The van der Waals surface area contributed by atoms with Crippen molar-refractivity contribution in [3.05, 3.63) is 33.8 Å². The summed E-state index contributed by atoms with van der Waals surface area (Å²) in [4.78, 5) is 2.56. The molecule has 0 saturated carbocycles. The number of benzene rings is 1. The predicted octanol–water partition coefficient (Wildman–Crippen LogP) is 3.96. The van der Waals surface area contributed by atoms with Crippen LogP contribution in [-0.4, -0.2) is 31.1 Å². The summed E-state index contributed by atoms with van der Waals surface area (Å²) >= 11 is 12.1. The number of nitrogens with one attached hydrogen (secondary N) is 1. The minimum Gasteiger partial charge on any atom is -0.311 e. The van der Waals surface area contributed by atoms with Crippen LogP contribution < -0.4 is 5.32 Å². The molecule has 0 bridgehead atoms. The van der Waals surface area contributed by atoms with Gasteiger partial charge in [0.05, 0.1) is 0 Å². The second kappa shape index (κ2) is 8.11. The molecule has 2 rings (SSSR count). The SMILES string of the molecule is Clc1ccc(Cl)c(CNCCN2CCCCCC2)c1. The molecule has 1 aromatic carbocycles. The molecule has 0 spiro atoms. The first kappa shape index (κ1) is 15.1. The van der Waals surface area contributed by atoms with Crippen LogP contribution in [0.3, 0.4) is 0 Å². The Morgan fingerprint density at radius 2 is 1.79 bits per heavy atom. The third kappa shape index (κ3) is 5.31. The van der Waals surface area contributed by atoms with Crippen LogP contribution in [0.2, 0.25) is 10.0 Å². The van der Waals surface area contributed by atoms with E-state index in [1.54, 1.807) is 0 Å². The topological polar surface area (TPSA) is 15.3 Å². The van der Waals surface area contributed by atoms with Gasteiger partial charge < -0.3 is 10.2 Å². The van der Waals surface area contributed by atoms with Crippen molar-refractivity contribution in [2.45, 2.75) is 32.2 Å². The first-order valence-corrected chi connectivity index (χ1v) is 7.88. The maximum Gasteiger partial charge on any atom is 0.0451 e. The van der Waals surface area contributed by atoms with Crippen LogP contribution in [0.1, 0.15) is 31.2 Å². The lowest BCUT2D eigenvalue weighted by Gasteiger charge is -2.19. The van der Waals surface area contributed by atoms with Crippen molar-refractivity contribution in [3.8, 4) is 0 Å². The molecule has 0 aromatic heterocycles. The number of hydrogen-bond donors (Lipinski definition) is 1. The van der Waals surface area contributed by atoms with Gasteiger partial charge in [0.2, 0.25) is 0 Å². The van der Waals surface area contributed by atoms with E-state index in [0.29, 0.717) is 0 Å². The van der Waals surface area contributed by atoms with E-state index in [1.807, 2.05) is 18.2 Å². The highest BCUT2D eigenvalue weighted by atomic mass is 35.5. The van der Waals surface area contributed by atoms with E-state index >= 15 is 0 Å². The van der Waals surface area contributed by atoms with Crippen LogP contribution in [0.5, 0.6) is 0 Å². The largest absolute Gasteiger partial charge is 0.311 e. The molecule has 1 aliphatic rings. The van der Waals surface area contributed by atoms with E-state index in [2.05, 4.69) is 10.2 Å². The summed E-state index contributed by atoms with van der Waals surface area (Å²) in [5, 5.41) is 4.98. The monoisotopic (exact) mass is 300 g/mol. The van der Waals surface area contributed by atoms with Gasteiger partial charge in [0.1, 0.15) is 0 Å². The summed E-state index contributed by atoms with van der Waals surface area (Å²) in [6.07, 6.45) is 5.48. The Morgan fingerprint density at radius 3 is 2.53 bits per heavy atom. The number of likely N-dealkylation sites (tertiary alicyclic amines) is 1. The first-order chi connectivity index (χ1) is 9.25. The molecule has 0 radical (unpaired) electrons. The summed E-state index contributed by atoms with van der Waals surface area (Å²) in [5.74, 6) is 0. The maximum absolute atomic E-state index is 6.14. The molecule has 1 fully saturated rings. The summed E-state index contributed by atoms with van der Waals surface area (Å²) < 4.78 is 0. The average Bonchev–Trinajstić information content (AvgIpc) is 2.67. The minimum absolute atomic E-state index is 0.744. The second-order valence-corrected chi connectivity index (χ2v) is 6.01. The quantitative estimate of drug-likeness (QED) is 0.828. The van der Waals surface area contributed by atoms with Crippen molar-refractivity contribution in [2.24, 2.45) is 0 Å². The van der Waals surface area contributed by atoms with Gasteiger partial charge in [-0.1, -0.05) is 36.0 Å². The van der Waals surface area contributed by atoms with Crippen molar-refractivity contribution < 1.29 is 0 Å². The Hall–Kier alpha value is -0.280. The molecule has 1 aromatic rings. The summed E-state index contributed by atoms with van der Waals surface area (Å²) in [5.41, 5.74) is 1.07. The molecule has 106 valence electrons. The summed E-state index contributed by atoms with van der Waals surface area (Å²) in [7, 11) is 0. The van der Waals surface area contributed by atoms with Gasteiger partial charge in [-0.25, -0.2) is 0 Å². The molecule has 1 saturated heterocycles. The molecule has 0 atom stereocenters. The molecule has 19 heavy (non-hydrogen) atoms. The summed E-state index contributed by atoms with van der Waals surface area (Å²) in [6, 6.07) is 5.61. The zero-order valence-corrected chi connectivity index (χ0v) is 12.8. The fraction of sp³-hybridized carbons (Fsp3) is 0.600. The van der Waals surface area contributed by atoms with Crippen molar-refractivity contribution in [2.75, 3.05) is 26.2 Å². The molecular weight excluding hydrogens is 279 g/mol. The van der Waals surface area contributed by atoms with Gasteiger partial charge in [-0.3, -0.25) is 0 Å². The zero-order chi connectivity index (χ0) is 13.5. The van der Waals surface area contributed by atoms with Crippen molar-refractivity contribution in [1.82, 2.24) is 10.2 Å². The van der Waals surface area contributed by atoms with Gasteiger partial charge in [0, 0.05) is 29.7 Å². The van der Waals surface area contributed by atoms with Crippen LogP contribution in [0.4, 0.5) is 0 Å². The van der Waals surface area contributed by atoms with Crippen LogP contribution >= 0.6 is 23.2 Å². The number of hydrogen-bond acceptors (Lipinski definition) is 2. The Labute approximate surface area is 126 Å². The highest BCUT2D eigenvalue weighted by Gasteiger charge is 2.08. The highest BCUT2D eigenvalue weighted by molar-refractivity contribution is 6.33. The van der Waals surface area contributed by atoms with Gasteiger partial charge in [-0.2, -0.15) is 0 Å². The average molecular weight is 301 g/mol. The van der Waals surface area contributed by atoms with Crippen LogP contribution in [0.25, 0.3) is 0 Å². The third-order valence-corrected chi connectivity index (χ3v) is 4.23. The Morgan fingerprint density at radius 1 is 1.05 bits per heavy atom. The van der Waals surface area contributed by atoms with E-state index < -0.39 is 0 Å². The molecule has 0 aliphatic carbocycles. The normalized spacial score (nSPS) is 17.4. The number of rotatable bonds is 5. The molecule has 1 heterocycles. The molecule has 0 unspecified atom stereocenters. The van der Waals surface area contributed by atoms with E-state index in [0.717, 1.165) is 35.2 Å². The first-order valence-electron chi connectivity index (χ1n) is 7.13. The standard InChI is InChI=1S/C15H22Cl2N2/c16-14-5-6-15(17)13(11-14)12-18-7-10-19-8-3-1-2-4-9-19/h5-6,11,18H,1-4,7-10,12H2. The Bertz CT molecular complexity index is 388.